The van der Waals surface area contributed by atoms with E-state index in [0.717, 1.165) is 32.7 Å². The number of anilines is 3. The zero-order valence-corrected chi connectivity index (χ0v) is 20.8. The minimum atomic E-state index is -0.216. The van der Waals surface area contributed by atoms with Crippen LogP contribution >= 0.6 is 24.0 Å². The molecule has 0 heterocycles. The summed E-state index contributed by atoms with van der Waals surface area (Å²) in [5.74, 6) is -0.00114. The molecule has 0 aliphatic rings. The molecule has 0 aliphatic carbocycles. The van der Waals surface area contributed by atoms with Crippen molar-refractivity contribution in [3.63, 3.8) is 0 Å². The first-order valence-corrected chi connectivity index (χ1v) is 12.5. The third kappa shape index (κ3) is 6.16. The molecule has 34 heavy (non-hydrogen) atoms. The summed E-state index contributed by atoms with van der Waals surface area (Å²) in [5.41, 5.74) is 3.85. The van der Waals surface area contributed by atoms with Gasteiger partial charge in [0.25, 0.3) is 0 Å². The first-order chi connectivity index (χ1) is 16.5. The van der Waals surface area contributed by atoms with Crippen LogP contribution in [0, 0.1) is 6.92 Å². The Kier molecular flexibility index (Phi) is 7.83. The Balaban J connectivity index is 1.40. The van der Waals surface area contributed by atoms with E-state index in [2.05, 4.69) is 22.9 Å². The highest BCUT2D eigenvalue weighted by atomic mass is 32.2. The van der Waals surface area contributed by atoms with Gasteiger partial charge in [0, 0.05) is 27.3 Å². The molecule has 3 N–H and O–H groups in total. The summed E-state index contributed by atoms with van der Waals surface area (Å²) in [7, 11) is 0. The van der Waals surface area contributed by atoms with Crippen molar-refractivity contribution in [3.05, 3.63) is 96.6 Å². The lowest BCUT2D eigenvalue weighted by Gasteiger charge is -2.17. The Morgan fingerprint density at radius 3 is 2.35 bits per heavy atom. The summed E-state index contributed by atoms with van der Waals surface area (Å²) in [6.07, 6.45) is 0.715. The summed E-state index contributed by atoms with van der Waals surface area (Å²) in [5, 5.41) is 12.0. The van der Waals surface area contributed by atoms with Crippen LogP contribution in [-0.4, -0.2) is 16.3 Å². The van der Waals surface area contributed by atoms with Crippen molar-refractivity contribution in [2.24, 2.45) is 0 Å². The van der Waals surface area contributed by atoms with Gasteiger partial charge >= 0.3 is 0 Å². The maximum absolute atomic E-state index is 13.1. The highest BCUT2D eigenvalue weighted by Gasteiger charge is 2.19. The second-order valence-electron chi connectivity index (χ2n) is 8.00. The lowest BCUT2D eigenvalue weighted by atomic mass is 10.1. The number of nitrogens with one attached hydrogen (secondary N) is 3. The maximum atomic E-state index is 13.1. The van der Waals surface area contributed by atoms with Crippen LogP contribution in [0.5, 0.6) is 0 Å². The van der Waals surface area contributed by atoms with E-state index in [-0.39, 0.29) is 11.2 Å². The predicted molar refractivity (Wildman–Crippen MR) is 150 cm³/mol. The second-order valence-corrected chi connectivity index (χ2v) is 9.69. The highest BCUT2D eigenvalue weighted by molar-refractivity contribution is 8.00. The van der Waals surface area contributed by atoms with Crippen molar-refractivity contribution in [2.45, 2.75) is 30.4 Å². The van der Waals surface area contributed by atoms with Crippen molar-refractivity contribution in [3.8, 4) is 0 Å². The van der Waals surface area contributed by atoms with E-state index < -0.39 is 0 Å². The topological polar surface area (TPSA) is 53.2 Å². The average Bonchev–Trinajstić information content (AvgIpc) is 2.84. The molecule has 1 amide bonds. The fourth-order valence-corrected chi connectivity index (χ4v) is 4.86. The van der Waals surface area contributed by atoms with E-state index in [4.69, 9.17) is 12.2 Å². The zero-order chi connectivity index (χ0) is 23.9. The van der Waals surface area contributed by atoms with Gasteiger partial charge in [-0.1, -0.05) is 67.1 Å². The van der Waals surface area contributed by atoms with Gasteiger partial charge in [0.05, 0.1) is 5.25 Å². The van der Waals surface area contributed by atoms with Gasteiger partial charge in [-0.15, -0.1) is 11.8 Å². The number of carbonyl (C=O) groups is 1. The standard InChI is InChI=1S/C28H27N3OS2/c1-3-26(27(32)31-25-13-6-9-20-8-4-5-12-24(20)25)34-23-11-7-10-22(18-23)30-28(33)29-21-16-14-19(2)15-17-21/h4-18,26H,3H2,1-2H3,(H,31,32)(H2,29,30,33). The molecule has 0 radical (unpaired) electrons. The largest absolute Gasteiger partial charge is 0.332 e. The molecular weight excluding hydrogens is 458 g/mol. The molecule has 0 aliphatic heterocycles. The summed E-state index contributed by atoms with van der Waals surface area (Å²) in [4.78, 5) is 14.1. The SMILES string of the molecule is CCC(Sc1cccc(NC(=S)Nc2ccc(C)cc2)c1)C(=O)Nc1cccc2ccccc12. The average molecular weight is 486 g/mol. The van der Waals surface area contributed by atoms with Crippen LogP contribution in [0.3, 0.4) is 0 Å². The first-order valence-electron chi connectivity index (χ1n) is 11.2. The van der Waals surface area contributed by atoms with E-state index in [1.807, 2.05) is 97.9 Å². The summed E-state index contributed by atoms with van der Waals surface area (Å²) < 4.78 is 0. The molecule has 4 aromatic rings. The molecule has 0 bridgehead atoms. The van der Waals surface area contributed by atoms with Crippen molar-refractivity contribution in [1.82, 2.24) is 0 Å². The molecule has 172 valence electrons. The minimum absolute atomic E-state index is 0.00114. The van der Waals surface area contributed by atoms with Crippen LogP contribution in [0.15, 0.2) is 95.9 Å². The van der Waals surface area contributed by atoms with Crippen molar-refractivity contribution < 1.29 is 4.79 Å². The Morgan fingerprint density at radius 1 is 0.853 bits per heavy atom. The molecule has 6 heteroatoms. The maximum Gasteiger partial charge on any atom is 0.237 e. The third-order valence-corrected chi connectivity index (χ3v) is 6.95. The van der Waals surface area contributed by atoms with E-state index in [1.54, 1.807) is 11.8 Å². The molecule has 1 unspecified atom stereocenters. The van der Waals surface area contributed by atoms with Crippen LogP contribution in [0.1, 0.15) is 18.9 Å². The molecule has 4 nitrogen and oxygen atoms in total. The van der Waals surface area contributed by atoms with Gasteiger partial charge in [0.1, 0.15) is 0 Å². The van der Waals surface area contributed by atoms with Crippen molar-refractivity contribution in [2.75, 3.05) is 16.0 Å². The third-order valence-electron chi connectivity index (χ3n) is 5.39. The number of thioether (sulfide) groups is 1. The first kappa shape index (κ1) is 23.8. The van der Waals surface area contributed by atoms with E-state index in [0.29, 0.717) is 11.5 Å². The lowest BCUT2D eigenvalue weighted by molar-refractivity contribution is -0.115. The van der Waals surface area contributed by atoms with Gasteiger partial charge in [-0.05, 0) is 67.3 Å². The Morgan fingerprint density at radius 2 is 1.56 bits per heavy atom. The number of hydrogen-bond acceptors (Lipinski definition) is 3. The fourth-order valence-electron chi connectivity index (χ4n) is 3.61. The van der Waals surface area contributed by atoms with Gasteiger partial charge < -0.3 is 16.0 Å². The number of benzene rings is 4. The number of thiocarbonyl (C=S) groups is 1. The van der Waals surface area contributed by atoms with Gasteiger partial charge in [0.15, 0.2) is 5.11 Å². The quantitative estimate of drug-likeness (QED) is 0.187. The zero-order valence-electron chi connectivity index (χ0n) is 19.2. The molecule has 0 spiro atoms. The van der Waals surface area contributed by atoms with E-state index in [9.17, 15) is 4.79 Å². The Labute approximate surface area is 210 Å². The number of carbonyl (C=O) groups excluding carboxylic acids is 1. The molecule has 0 saturated carbocycles. The Hall–Kier alpha value is -3.35. The van der Waals surface area contributed by atoms with Crippen LogP contribution in [0.2, 0.25) is 0 Å². The molecule has 1 atom stereocenters. The smallest absolute Gasteiger partial charge is 0.237 e. The molecule has 0 aromatic heterocycles. The predicted octanol–water partition coefficient (Wildman–Crippen LogP) is 7.47. The number of amides is 1. The van der Waals surface area contributed by atoms with Crippen LogP contribution in [-0.2, 0) is 4.79 Å². The van der Waals surface area contributed by atoms with E-state index >= 15 is 0 Å². The van der Waals surface area contributed by atoms with Crippen molar-refractivity contribution >= 4 is 62.8 Å². The molecule has 4 rings (SSSR count). The highest BCUT2D eigenvalue weighted by Crippen LogP contribution is 2.30. The lowest BCUT2D eigenvalue weighted by Crippen LogP contribution is -2.24. The van der Waals surface area contributed by atoms with Gasteiger partial charge in [0.2, 0.25) is 5.91 Å². The molecular formula is C28H27N3OS2. The molecule has 0 fully saturated rings. The summed E-state index contributed by atoms with van der Waals surface area (Å²) in [6, 6.07) is 30.1. The number of fused-ring (bicyclic) bond motifs is 1. The second kappa shape index (κ2) is 11.2. The molecule has 4 aromatic carbocycles. The number of aryl methyl sites for hydroxylation is 1. The number of hydrogen-bond donors (Lipinski definition) is 3. The number of rotatable bonds is 7. The van der Waals surface area contributed by atoms with Crippen LogP contribution < -0.4 is 16.0 Å². The van der Waals surface area contributed by atoms with E-state index in [1.165, 1.54) is 5.56 Å². The van der Waals surface area contributed by atoms with Crippen LogP contribution in [0.4, 0.5) is 17.1 Å². The van der Waals surface area contributed by atoms with Gasteiger partial charge in [-0.2, -0.15) is 0 Å². The van der Waals surface area contributed by atoms with Gasteiger partial charge in [-0.25, -0.2) is 0 Å². The van der Waals surface area contributed by atoms with Crippen molar-refractivity contribution in [1.29, 1.82) is 0 Å². The molecule has 0 saturated heterocycles. The normalized spacial score (nSPS) is 11.6. The minimum Gasteiger partial charge on any atom is -0.332 e. The summed E-state index contributed by atoms with van der Waals surface area (Å²) in [6.45, 7) is 4.08. The Bertz CT molecular complexity index is 1300. The summed E-state index contributed by atoms with van der Waals surface area (Å²) >= 11 is 7.02. The fraction of sp³-hybridized carbons (Fsp3) is 0.143. The van der Waals surface area contributed by atoms with Gasteiger partial charge in [-0.3, -0.25) is 4.79 Å². The monoisotopic (exact) mass is 485 g/mol. The van der Waals surface area contributed by atoms with Crippen LogP contribution in [0.25, 0.3) is 10.8 Å².